The van der Waals surface area contributed by atoms with Gasteiger partial charge in [0.1, 0.15) is 4.59 Å². The summed E-state index contributed by atoms with van der Waals surface area (Å²) >= 11 is 9.69. The van der Waals surface area contributed by atoms with E-state index in [0.717, 1.165) is 5.75 Å². The summed E-state index contributed by atoms with van der Waals surface area (Å²) in [7, 11) is 4.21. The van der Waals surface area contributed by atoms with Crippen molar-refractivity contribution in [3.8, 4) is 0 Å². The van der Waals surface area contributed by atoms with E-state index in [0.29, 0.717) is 5.25 Å². The summed E-state index contributed by atoms with van der Waals surface area (Å²) in [6.07, 6.45) is 0. The quantitative estimate of drug-likeness (QED) is 0.750. The molecule has 0 saturated carbocycles. The zero-order valence-corrected chi connectivity index (χ0v) is 12.1. The topological polar surface area (TPSA) is 3.24 Å². The Morgan fingerprint density at radius 1 is 1.33 bits per heavy atom. The molecular formula is C10H14NPS3. The maximum atomic E-state index is 5.73. The van der Waals surface area contributed by atoms with Crippen LogP contribution >= 0.6 is 27.4 Å². The second kappa shape index (κ2) is 4.80. The summed E-state index contributed by atoms with van der Waals surface area (Å²) in [5.41, 5.74) is 1.42. The molecule has 2 atom stereocenters. The molecule has 1 aromatic carbocycles. The lowest BCUT2D eigenvalue weighted by Crippen LogP contribution is -2.01. The fourth-order valence-electron chi connectivity index (χ4n) is 1.42. The van der Waals surface area contributed by atoms with E-state index in [1.165, 1.54) is 5.56 Å². The van der Waals surface area contributed by atoms with Crippen LogP contribution in [-0.4, -0.2) is 24.5 Å². The van der Waals surface area contributed by atoms with Crippen LogP contribution < -0.4 is 0 Å². The van der Waals surface area contributed by atoms with Gasteiger partial charge in [-0.15, -0.1) is 0 Å². The Balaban J connectivity index is 2.15. The zero-order chi connectivity index (χ0) is 10.9. The Labute approximate surface area is 105 Å². The van der Waals surface area contributed by atoms with Gasteiger partial charge in [0, 0.05) is 11.0 Å². The first-order valence-corrected chi connectivity index (χ1v) is 10.6. The Hall–Kier alpha value is 0.530. The van der Waals surface area contributed by atoms with Gasteiger partial charge in [-0.1, -0.05) is 64.9 Å². The van der Waals surface area contributed by atoms with Gasteiger partial charge in [0.05, 0.1) is 0 Å². The smallest absolute Gasteiger partial charge is 0.120 e. The third-order valence-electron chi connectivity index (χ3n) is 2.31. The van der Waals surface area contributed by atoms with Gasteiger partial charge in [-0.3, -0.25) is 4.67 Å². The van der Waals surface area contributed by atoms with Crippen LogP contribution in [-0.2, 0) is 11.8 Å². The first-order chi connectivity index (χ1) is 7.12. The van der Waals surface area contributed by atoms with Crippen LogP contribution in [0.2, 0.25) is 0 Å². The number of rotatable bonds is 2. The molecule has 1 saturated heterocycles. The molecule has 1 aliphatic heterocycles. The number of nitrogens with zero attached hydrogens (tertiary/aromatic N) is 1. The van der Waals surface area contributed by atoms with Crippen molar-refractivity contribution in [1.29, 1.82) is 0 Å². The molecule has 0 radical (unpaired) electrons. The van der Waals surface area contributed by atoms with Crippen LogP contribution in [0.1, 0.15) is 10.8 Å². The van der Waals surface area contributed by atoms with Crippen molar-refractivity contribution in [1.82, 2.24) is 4.67 Å². The van der Waals surface area contributed by atoms with Gasteiger partial charge in [-0.2, -0.15) is 0 Å². The highest BCUT2D eigenvalue weighted by Gasteiger charge is 2.34. The van der Waals surface area contributed by atoms with E-state index >= 15 is 0 Å². The third-order valence-corrected chi connectivity index (χ3v) is 14.6. The van der Waals surface area contributed by atoms with E-state index < -0.39 is 4.59 Å². The van der Waals surface area contributed by atoms with Gasteiger partial charge >= 0.3 is 0 Å². The highest BCUT2D eigenvalue weighted by molar-refractivity contribution is 9.01. The molecule has 0 aromatic heterocycles. The second-order valence-electron chi connectivity index (χ2n) is 3.62. The van der Waals surface area contributed by atoms with E-state index in [2.05, 4.69) is 49.1 Å². The molecule has 0 aliphatic carbocycles. The van der Waals surface area contributed by atoms with Crippen molar-refractivity contribution in [3.63, 3.8) is 0 Å². The summed E-state index contributed by atoms with van der Waals surface area (Å²) in [6, 6.07) is 10.7. The molecule has 1 heterocycles. The largest absolute Gasteiger partial charge is 0.265 e. The average molecular weight is 275 g/mol. The number of benzene rings is 1. The molecule has 82 valence electrons. The molecule has 1 fully saturated rings. The number of hydrogen-bond acceptors (Lipinski definition) is 3. The van der Waals surface area contributed by atoms with Crippen LogP contribution in [0, 0.1) is 0 Å². The minimum atomic E-state index is -1.36. The van der Waals surface area contributed by atoms with Gasteiger partial charge in [-0.25, -0.2) is 0 Å². The van der Waals surface area contributed by atoms with Gasteiger partial charge in [0.15, 0.2) is 0 Å². The van der Waals surface area contributed by atoms with Gasteiger partial charge in [0.2, 0.25) is 0 Å². The Morgan fingerprint density at radius 2 is 2.00 bits per heavy atom. The maximum absolute atomic E-state index is 5.73. The standard InChI is InChI=1S/C10H14NPS3/c1-11(2)12(13)14-8-10(15-12)9-6-4-3-5-7-9/h3-7,10H,8H2,1-2H3/t10-,12+/m0/s1. The lowest BCUT2D eigenvalue weighted by Gasteiger charge is -2.22. The van der Waals surface area contributed by atoms with Crippen molar-refractivity contribution in [2.45, 2.75) is 5.25 Å². The van der Waals surface area contributed by atoms with Crippen molar-refractivity contribution in [3.05, 3.63) is 35.9 Å². The highest BCUT2D eigenvalue weighted by Crippen LogP contribution is 2.79. The molecule has 0 N–H and O–H groups in total. The Morgan fingerprint density at radius 3 is 2.53 bits per heavy atom. The summed E-state index contributed by atoms with van der Waals surface area (Å²) in [4.78, 5) is 0. The van der Waals surface area contributed by atoms with Crippen LogP contribution in [0.3, 0.4) is 0 Å². The van der Waals surface area contributed by atoms with Gasteiger partial charge < -0.3 is 0 Å². The molecule has 1 nitrogen and oxygen atoms in total. The van der Waals surface area contributed by atoms with Gasteiger partial charge in [-0.05, 0) is 19.7 Å². The minimum Gasteiger partial charge on any atom is -0.265 e. The van der Waals surface area contributed by atoms with E-state index in [4.69, 9.17) is 11.8 Å². The fraction of sp³-hybridized carbons (Fsp3) is 0.400. The van der Waals surface area contributed by atoms with E-state index in [1.807, 2.05) is 22.8 Å². The van der Waals surface area contributed by atoms with E-state index in [-0.39, 0.29) is 0 Å². The van der Waals surface area contributed by atoms with Crippen molar-refractivity contribution in [2.75, 3.05) is 19.8 Å². The zero-order valence-electron chi connectivity index (χ0n) is 8.79. The normalized spacial score (nSPS) is 31.0. The van der Waals surface area contributed by atoms with Gasteiger partial charge in [0.25, 0.3) is 0 Å². The molecule has 5 heteroatoms. The summed E-state index contributed by atoms with van der Waals surface area (Å²) in [5, 5.41) is 0.587. The average Bonchev–Trinajstić information content (AvgIpc) is 2.64. The molecular weight excluding hydrogens is 261 g/mol. The summed E-state index contributed by atoms with van der Waals surface area (Å²) in [5.74, 6) is 1.16. The van der Waals surface area contributed by atoms with E-state index in [1.54, 1.807) is 0 Å². The molecule has 0 spiro atoms. The Bertz CT molecular complexity index is 380. The van der Waals surface area contributed by atoms with Crippen molar-refractivity contribution in [2.24, 2.45) is 0 Å². The van der Waals surface area contributed by atoms with Crippen LogP contribution in [0.4, 0.5) is 0 Å². The molecule has 15 heavy (non-hydrogen) atoms. The minimum absolute atomic E-state index is 0.587. The molecule has 0 bridgehead atoms. The number of hydrogen-bond donors (Lipinski definition) is 0. The van der Waals surface area contributed by atoms with Crippen LogP contribution in [0.25, 0.3) is 0 Å². The van der Waals surface area contributed by atoms with E-state index in [9.17, 15) is 0 Å². The predicted octanol–water partition coefficient (Wildman–Crippen LogP) is 3.99. The first kappa shape index (κ1) is 12.0. The lowest BCUT2D eigenvalue weighted by atomic mass is 10.2. The monoisotopic (exact) mass is 275 g/mol. The molecule has 0 amide bonds. The fourth-order valence-corrected chi connectivity index (χ4v) is 11.6. The molecule has 1 aliphatic rings. The van der Waals surface area contributed by atoms with Crippen LogP contribution in [0.15, 0.2) is 30.3 Å². The van der Waals surface area contributed by atoms with Crippen LogP contribution in [0.5, 0.6) is 0 Å². The molecule has 2 rings (SSSR count). The first-order valence-electron chi connectivity index (χ1n) is 4.77. The SMILES string of the molecule is CN(C)[P@@]1(=S)SC[C@@H](c2ccccc2)S1. The summed E-state index contributed by atoms with van der Waals surface area (Å²) in [6.45, 7) is 0. The predicted molar refractivity (Wildman–Crippen MR) is 77.2 cm³/mol. The Kier molecular flexibility index (Phi) is 3.84. The highest BCUT2D eigenvalue weighted by atomic mass is 33.2. The molecule has 0 unspecified atom stereocenters. The van der Waals surface area contributed by atoms with Crippen molar-refractivity contribution >= 4 is 39.2 Å². The summed E-state index contributed by atoms with van der Waals surface area (Å²) < 4.78 is 0.873. The second-order valence-corrected chi connectivity index (χ2v) is 15.0. The molecule has 1 aromatic rings. The van der Waals surface area contributed by atoms with Crippen molar-refractivity contribution < 1.29 is 0 Å². The lowest BCUT2D eigenvalue weighted by molar-refractivity contribution is 0.696. The maximum Gasteiger partial charge on any atom is 0.120 e. The third kappa shape index (κ3) is 2.62.